The van der Waals surface area contributed by atoms with Crippen LogP contribution in [0.15, 0.2) is 53.4 Å². The fourth-order valence-corrected chi connectivity index (χ4v) is 5.21. The molecule has 1 aliphatic heterocycles. The number of hydrogen-bond acceptors (Lipinski definition) is 5. The molecular weight excluding hydrogens is 511 g/mol. The molecular formula is C25H22Cl2N2O3S2. The third-order valence-corrected chi connectivity index (χ3v) is 6.95. The van der Waals surface area contributed by atoms with Gasteiger partial charge in [-0.3, -0.25) is 9.47 Å². The predicted octanol–water partition coefficient (Wildman–Crippen LogP) is 6.93. The minimum absolute atomic E-state index is 0.186. The zero-order valence-electron chi connectivity index (χ0n) is 18.8. The lowest BCUT2D eigenvalue weighted by atomic mass is 10.1. The maximum Gasteiger partial charge on any atom is 0.285 e. The van der Waals surface area contributed by atoms with Crippen molar-refractivity contribution in [2.24, 2.45) is 0 Å². The highest BCUT2D eigenvalue weighted by atomic mass is 35.5. The largest absolute Gasteiger partial charge is 0.490 e. The first kappa shape index (κ1) is 24.7. The van der Waals surface area contributed by atoms with Gasteiger partial charge >= 0.3 is 0 Å². The van der Waals surface area contributed by atoms with Crippen molar-refractivity contribution in [1.82, 2.24) is 4.68 Å². The number of carbonyl (C=O) groups excluding carboxylic acids is 1. The number of ether oxygens (including phenoxy) is 2. The topological polar surface area (TPSA) is 43.7 Å². The van der Waals surface area contributed by atoms with Crippen LogP contribution in [0.25, 0.3) is 6.08 Å². The minimum atomic E-state index is -0.186. The smallest absolute Gasteiger partial charge is 0.285 e. The monoisotopic (exact) mass is 532 g/mol. The fraction of sp³-hybridized carbons (Fsp3) is 0.200. The van der Waals surface area contributed by atoms with Gasteiger partial charge in [0.1, 0.15) is 6.61 Å². The fourth-order valence-electron chi connectivity index (χ4n) is 3.57. The van der Waals surface area contributed by atoms with E-state index in [9.17, 15) is 4.79 Å². The Hall–Kier alpha value is -2.45. The van der Waals surface area contributed by atoms with E-state index >= 15 is 0 Å². The molecule has 1 aliphatic rings. The van der Waals surface area contributed by atoms with Crippen molar-refractivity contribution in [1.29, 1.82) is 0 Å². The normalized spacial score (nSPS) is 14.9. The summed E-state index contributed by atoms with van der Waals surface area (Å²) in [5, 5.41) is 2.57. The number of thioether (sulfide) groups is 1. The van der Waals surface area contributed by atoms with Crippen molar-refractivity contribution >= 4 is 63.5 Å². The Morgan fingerprint density at radius 1 is 1.03 bits per heavy atom. The lowest BCUT2D eigenvalue weighted by Crippen LogP contribution is -2.39. The Kier molecular flexibility index (Phi) is 7.57. The van der Waals surface area contributed by atoms with Gasteiger partial charge in [0.2, 0.25) is 0 Å². The number of aromatic nitrogens is 1. The Bertz CT molecular complexity index is 1270. The average Bonchev–Trinajstić information content (AvgIpc) is 3.25. The first-order chi connectivity index (χ1) is 16.3. The molecule has 176 valence electrons. The zero-order chi connectivity index (χ0) is 24.4. The second-order valence-corrected chi connectivity index (χ2v) is 10.1. The van der Waals surface area contributed by atoms with Crippen molar-refractivity contribution in [2.45, 2.75) is 27.4 Å². The van der Waals surface area contributed by atoms with Crippen LogP contribution >= 0.6 is 47.2 Å². The molecule has 0 radical (unpaired) electrons. The van der Waals surface area contributed by atoms with Crippen molar-refractivity contribution in [3.05, 3.63) is 86.0 Å². The number of benzene rings is 2. The van der Waals surface area contributed by atoms with Gasteiger partial charge in [-0.1, -0.05) is 47.1 Å². The second kappa shape index (κ2) is 10.4. The van der Waals surface area contributed by atoms with Gasteiger partial charge in [0, 0.05) is 16.4 Å². The van der Waals surface area contributed by atoms with Crippen LogP contribution < -0.4 is 14.5 Å². The maximum absolute atomic E-state index is 13.2. The van der Waals surface area contributed by atoms with E-state index in [0.29, 0.717) is 49.5 Å². The summed E-state index contributed by atoms with van der Waals surface area (Å²) in [7, 11) is 0. The van der Waals surface area contributed by atoms with E-state index < -0.39 is 0 Å². The average molecular weight is 534 g/mol. The summed E-state index contributed by atoms with van der Waals surface area (Å²) in [6.07, 6.45) is 1.77. The van der Waals surface area contributed by atoms with Crippen molar-refractivity contribution in [3.63, 3.8) is 0 Å². The molecule has 4 rings (SSSR count). The van der Waals surface area contributed by atoms with Crippen LogP contribution in [0.4, 0.5) is 0 Å². The summed E-state index contributed by atoms with van der Waals surface area (Å²) in [6, 6.07) is 14.9. The molecule has 2 aromatic carbocycles. The summed E-state index contributed by atoms with van der Waals surface area (Å²) in [5.41, 5.74) is 3.53. The number of thiocarbonyl (C=S) groups is 1. The Labute approximate surface area is 218 Å². The van der Waals surface area contributed by atoms with Crippen LogP contribution in [0.1, 0.15) is 29.4 Å². The van der Waals surface area contributed by atoms with E-state index in [4.69, 9.17) is 44.9 Å². The molecule has 0 saturated carbocycles. The lowest BCUT2D eigenvalue weighted by molar-refractivity contribution is -0.114. The van der Waals surface area contributed by atoms with Crippen LogP contribution in [0.3, 0.4) is 0 Å². The van der Waals surface area contributed by atoms with E-state index in [-0.39, 0.29) is 5.91 Å². The Morgan fingerprint density at radius 3 is 2.35 bits per heavy atom. The summed E-state index contributed by atoms with van der Waals surface area (Å²) in [5.74, 6) is 0.763. The lowest BCUT2D eigenvalue weighted by Gasteiger charge is -2.20. The van der Waals surface area contributed by atoms with E-state index in [2.05, 4.69) is 0 Å². The van der Waals surface area contributed by atoms with Crippen molar-refractivity contribution < 1.29 is 14.3 Å². The number of amides is 1. The number of nitrogens with zero attached hydrogens (tertiary/aromatic N) is 2. The van der Waals surface area contributed by atoms with Gasteiger partial charge < -0.3 is 9.47 Å². The molecule has 0 N–H and O–H groups in total. The molecule has 1 aromatic heterocycles. The Morgan fingerprint density at radius 2 is 1.71 bits per heavy atom. The minimum Gasteiger partial charge on any atom is -0.490 e. The van der Waals surface area contributed by atoms with Crippen LogP contribution in [-0.4, -0.2) is 21.5 Å². The summed E-state index contributed by atoms with van der Waals surface area (Å²) in [4.78, 5) is 13.7. The molecule has 1 fully saturated rings. The highest BCUT2D eigenvalue weighted by Gasteiger charge is 2.34. The van der Waals surface area contributed by atoms with Crippen LogP contribution in [-0.2, 0) is 11.4 Å². The zero-order valence-corrected chi connectivity index (χ0v) is 21.9. The molecule has 0 bridgehead atoms. The Balaban J connectivity index is 1.61. The quantitative estimate of drug-likeness (QED) is 0.244. The standard InChI is InChI=1S/C25H22Cl2N2O3S2/c1-4-31-21-12-18(11-20(27)23(21)32-14-17-7-9-19(26)10-8-17)13-22-24(30)29(25(33)34-22)28-15(2)5-6-16(28)3/h5-13H,4,14H2,1-3H3/b22-13+. The van der Waals surface area contributed by atoms with Gasteiger partial charge in [0.25, 0.3) is 5.91 Å². The molecule has 0 unspecified atom stereocenters. The molecule has 0 atom stereocenters. The molecule has 5 nitrogen and oxygen atoms in total. The first-order valence-corrected chi connectivity index (χ1v) is 12.5. The number of rotatable bonds is 7. The van der Waals surface area contributed by atoms with E-state index in [0.717, 1.165) is 17.0 Å². The molecule has 1 amide bonds. The van der Waals surface area contributed by atoms with Crippen molar-refractivity contribution in [3.8, 4) is 11.5 Å². The number of hydrogen-bond donors (Lipinski definition) is 0. The molecule has 1 saturated heterocycles. The molecule has 34 heavy (non-hydrogen) atoms. The molecule has 9 heteroatoms. The van der Waals surface area contributed by atoms with E-state index in [1.54, 1.807) is 24.3 Å². The van der Waals surface area contributed by atoms with Gasteiger partial charge in [-0.2, -0.15) is 5.01 Å². The number of halogens is 2. The van der Waals surface area contributed by atoms with Gasteiger partial charge in [0.05, 0.1) is 16.5 Å². The first-order valence-electron chi connectivity index (χ1n) is 10.5. The van der Waals surface area contributed by atoms with Crippen LogP contribution in [0.5, 0.6) is 11.5 Å². The third kappa shape index (κ3) is 5.13. The summed E-state index contributed by atoms with van der Waals surface area (Å²) in [6.45, 7) is 6.50. The highest BCUT2D eigenvalue weighted by Crippen LogP contribution is 2.39. The number of aryl methyl sites for hydroxylation is 2. The summed E-state index contributed by atoms with van der Waals surface area (Å²) >= 11 is 19.3. The predicted molar refractivity (Wildman–Crippen MR) is 144 cm³/mol. The SMILES string of the molecule is CCOc1cc(/C=C2/SC(=S)N(n3c(C)ccc3C)C2=O)cc(Cl)c1OCc1ccc(Cl)cc1. The van der Waals surface area contributed by atoms with Gasteiger partial charge in [-0.15, -0.1) is 0 Å². The van der Waals surface area contributed by atoms with Crippen LogP contribution in [0.2, 0.25) is 10.0 Å². The van der Waals surface area contributed by atoms with Crippen LogP contribution in [0, 0.1) is 13.8 Å². The highest BCUT2D eigenvalue weighted by molar-refractivity contribution is 8.27. The number of carbonyl (C=O) groups is 1. The molecule has 2 heterocycles. The van der Waals surface area contributed by atoms with E-state index in [1.165, 1.54) is 16.8 Å². The molecule has 0 aliphatic carbocycles. The molecule has 3 aromatic rings. The third-order valence-electron chi connectivity index (χ3n) is 5.13. The van der Waals surface area contributed by atoms with Gasteiger partial charge in [-0.25, -0.2) is 0 Å². The maximum atomic E-state index is 13.2. The summed E-state index contributed by atoms with van der Waals surface area (Å²) < 4.78 is 14.1. The second-order valence-electron chi connectivity index (χ2n) is 7.60. The van der Waals surface area contributed by atoms with Gasteiger partial charge in [-0.05, 0) is 86.6 Å². The van der Waals surface area contributed by atoms with Crippen molar-refractivity contribution in [2.75, 3.05) is 11.6 Å². The molecule has 0 spiro atoms. The van der Waals surface area contributed by atoms with E-state index in [1.807, 2.05) is 55.8 Å². The van der Waals surface area contributed by atoms with Gasteiger partial charge in [0.15, 0.2) is 15.8 Å².